The Balaban J connectivity index is 1.75. The second-order valence-electron chi connectivity index (χ2n) is 6.57. The van der Waals surface area contributed by atoms with E-state index in [9.17, 15) is 4.79 Å². The molecule has 0 aliphatic carbocycles. The fraction of sp³-hybridized carbons (Fsp3) is 0.632. The summed E-state index contributed by atoms with van der Waals surface area (Å²) in [6.45, 7) is 7.39. The molecule has 1 saturated heterocycles. The molecule has 0 saturated carbocycles. The van der Waals surface area contributed by atoms with Crippen LogP contribution in [0.5, 0.6) is 0 Å². The van der Waals surface area contributed by atoms with Gasteiger partial charge in [0.15, 0.2) is 0 Å². The van der Waals surface area contributed by atoms with Gasteiger partial charge in [0.1, 0.15) is 0 Å². The van der Waals surface area contributed by atoms with E-state index >= 15 is 0 Å². The van der Waals surface area contributed by atoms with Gasteiger partial charge < -0.3 is 10.2 Å². The average molecular weight is 317 g/mol. The number of carbonyl (C=O) groups is 1. The molecule has 4 nitrogen and oxygen atoms in total. The zero-order chi connectivity index (χ0) is 16.7. The van der Waals surface area contributed by atoms with Gasteiger partial charge in [-0.05, 0) is 31.2 Å². The molecule has 0 spiro atoms. The SMILES string of the molecule is CCC(CC)N(C)C(=O)NC1CCN(Cc2ccccc2)CC1. The second-order valence-corrected chi connectivity index (χ2v) is 6.57. The third-order valence-electron chi connectivity index (χ3n) is 4.97. The standard InChI is InChI=1S/C19H31N3O/c1-4-18(5-2)21(3)19(23)20-17-11-13-22(14-12-17)15-16-9-7-6-8-10-16/h6-10,17-18H,4-5,11-15H2,1-3H3,(H,20,23). The molecular weight excluding hydrogens is 286 g/mol. The number of carbonyl (C=O) groups excluding carboxylic acids is 1. The van der Waals surface area contributed by atoms with Crippen LogP contribution in [0.15, 0.2) is 30.3 Å². The predicted octanol–water partition coefficient (Wildman–Crippen LogP) is 3.48. The van der Waals surface area contributed by atoms with Crippen molar-refractivity contribution < 1.29 is 4.79 Å². The first kappa shape index (κ1) is 17.8. The fourth-order valence-corrected chi connectivity index (χ4v) is 3.36. The monoisotopic (exact) mass is 317 g/mol. The van der Waals surface area contributed by atoms with Gasteiger partial charge in [0.2, 0.25) is 0 Å². The number of hydrogen-bond donors (Lipinski definition) is 1. The Hall–Kier alpha value is -1.55. The molecule has 0 unspecified atom stereocenters. The molecule has 0 atom stereocenters. The van der Waals surface area contributed by atoms with E-state index in [4.69, 9.17) is 0 Å². The molecule has 1 aromatic rings. The van der Waals surface area contributed by atoms with E-state index in [2.05, 4.69) is 54.4 Å². The maximum atomic E-state index is 12.3. The molecule has 0 aromatic heterocycles. The number of piperidine rings is 1. The van der Waals surface area contributed by atoms with Crippen molar-refractivity contribution in [2.24, 2.45) is 0 Å². The summed E-state index contributed by atoms with van der Waals surface area (Å²) in [4.78, 5) is 16.7. The van der Waals surface area contributed by atoms with Gasteiger partial charge in [-0.2, -0.15) is 0 Å². The Labute approximate surface area is 140 Å². The topological polar surface area (TPSA) is 35.6 Å². The molecule has 1 fully saturated rings. The van der Waals surface area contributed by atoms with Gasteiger partial charge in [0, 0.05) is 38.8 Å². The third kappa shape index (κ3) is 5.24. The molecule has 1 N–H and O–H groups in total. The predicted molar refractivity (Wildman–Crippen MR) is 95.4 cm³/mol. The highest BCUT2D eigenvalue weighted by Gasteiger charge is 2.23. The lowest BCUT2D eigenvalue weighted by Gasteiger charge is -2.34. The molecule has 1 aliphatic rings. The Morgan fingerprint density at radius 2 is 1.83 bits per heavy atom. The first-order valence-corrected chi connectivity index (χ1v) is 8.93. The lowest BCUT2D eigenvalue weighted by Crippen LogP contribution is -2.50. The van der Waals surface area contributed by atoms with Crippen molar-refractivity contribution in [1.82, 2.24) is 15.1 Å². The van der Waals surface area contributed by atoms with Gasteiger partial charge in [-0.15, -0.1) is 0 Å². The van der Waals surface area contributed by atoms with E-state index in [1.165, 1.54) is 5.56 Å². The molecule has 1 aliphatic heterocycles. The zero-order valence-corrected chi connectivity index (χ0v) is 14.8. The minimum atomic E-state index is 0.0835. The van der Waals surface area contributed by atoms with Crippen LogP contribution in [0.4, 0.5) is 4.79 Å². The summed E-state index contributed by atoms with van der Waals surface area (Å²) in [6, 6.07) is 11.3. The van der Waals surface area contributed by atoms with Crippen LogP contribution >= 0.6 is 0 Å². The van der Waals surface area contributed by atoms with E-state index < -0.39 is 0 Å². The number of nitrogens with one attached hydrogen (secondary N) is 1. The first-order chi connectivity index (χ1) is 11.1. The van der Waals surface area contributed by atoms with Crippen LogP contribution < -0.4 is 5.32 Å². The zero-order valence-electron chi connectivity index (χ0n) is 14.8. The maximum absolute atomic E-state index is 12.3. The average Bonchev–Trinajstić information content (AvgIpc) is 2.58. The molecular formula is C19H31N3O. The molecule has 4 heteroatoms. The number of urea groups is 1. The number of amides is 2. The van der Waals surface area contributed by atoms with Crippen molar-refractivity contribution in [3.8, 4) is 0 Å². The molecule has 128 valence electrons. The number of hydrogen-bond acceptors (Lipinski definition) is 2. The van der Waals surface area contributed by atoms with E-state index in [1.807, 2.05) is 11.9 Å². The minimum absolute atomic E-state index is 0.0835. The second kappa shape index (κ2) is 8.92. The van der Waals surface area contributed by atoms with Crippen LogP contribution in [0.25, 0.3) is 0 Å². The number of likely N-dealkylation sites (tertiary alicyclic amines) is 1. The van der Waals surface area contributed by atoms with Crippen LogP contribution in [0.3, 0.4) is 0 Å². The van der Waals surface area contributed by atoms with Crippen LogP contribution in [-0.4, -0.2) is 48.1 Å². The van der Waals surface area contributed by atoms with Gasteiger partial charge in [0.05, 0.1) is 0 Å². The summed E-state index contributed by atoms with van der Waals surface area (Å²) in [5.74, 6) is 0. The first-order valence-electron chi connectivity index (χ1n) is 8.93. The summed E-state index contributed by atoms with van der Waals surface area (Å²) in [5.41, 5.74) is 1.36. The molecule has 0 bridgehead atoms. The van der Waals surface area contributed by atoms with E-state index in [-0.39, 0.29) is 6.03 Å². The van der Waals surface area contributed by atoms with Gasteiger partial charge in [0.25, 0.3) is 0 Å². The van der Waals surface area contributed by atoms with Crippen molar-refractivity contribution in [3.63, 3.8) is 0 Å². The van der Waals surface area contributed by atoms with Gasteiger partial charge >= 0.3 is 6.03 Å². The number of rotatable bonds is 6. The summed E-state index contributed by atoms with van der Waals surface area (Å²) in [5, 5.41) is 3.21. The highest BCUT2D eigenvalue weighted by atomic mass is 16.2. The summed E-state index contributed by atoms with van der Waals surface area (Å²) in [7, 11) is 1.91. The highest BCUT2D eigenvalue weighted by Crippen LogP contribution is 2.15. The van der Waals surface area contributed by atoms with E-state index in [0.29, 0.717) is 12.1 Å². The van der Waals surface area contributed by atoms with Gasteiger partial charge in [-0.25, -0.2) is 4.79 Å². The number of nitrogens with zero attached hydrogens (tertiary/aromatic N) is 2. The van der Waals surface area contributed by atoms with Crippen molar-refractivity contribution >= 4 is 6.03 Å². The van der Waals surface area contributed by atoms with E-state index in [1.54, 1.807) is 0 Å². The molecule has 2 rings (SSSR count). The lowest BCUT2D eigenvalue weighted by molar-refractivity contribution is 0.162. The molecule has 1 aromatic carbocycles. The van der Waals surface area contributed by atoms with Crippen LogP contribution in [0, 0.1) is 0 Å². The van der Waals surface area contributed by atoms with Crippen molar-refractivity contribution in [2.45, 2.75) is 58.2 Å². The smallest absolute Gasteiger partial charge is 0.317 e. The highest BCUT2D eigenvalue weighted by molar-refractivity contribution is 5.74. The summed E-state index contributed by atoms with van der Waals surface area (Å²) in [6.07, 6.45) is 4.09. The Kier molecular flexibility index (Phi) is 6.90. The molecule has 0 radical (unpaired) electrons. The lowest BCUT2D eigenvalue weighted by atomic mass is 10.0. The fourth-order valence-electron chi connectivity index (χ4n) is 3.36. The Morgan fingerprint density at radius 3 is 2.39 bits per heavy atom. The van der Waals surface area contributed by atoms with Crippen LogP contribution in [0.2, 0.25) is 0 Å². The van der Waals surface area contributed by atoms with Crippen molar-refractivity contribution in [1.29, 1.82) is 0 Å². The normalized spacial score (nSPS) is 16.5. The summed E-state index contributed by atoms with van der Waals surface area (Å²) < 4.78 is 0. The largest absolute Gasteiger partial charge is 0.335 e. The van der Waals surface area contributed by atoms with Crippen molar-refractivity contribution in [2.75, 3.05) is 20.1 Å². The van der Waals surface area contributed by atoms with Crippen molar-refractivity contribution in [3.05, 3.63) is 35.9 Å². The molecule has 23 heavy (non-hydrogen) atoms. The maximum Gasteiger partial charge on any atom is 0.317 e. The number of benzene rings is 1. The quantitative estimate of drug-likeness (QED) is 0.872. The van der Waals surface area contributed by atoms with E-state index in [0.717, 1.165) is 45.3 Å². The molecule has 1 heterocycles. The summed E-state index contributed by atoms with van der Waals surface area (Å²) >= 11 is 0. The Morgan fingerprint density at radius 1 is 1.22 bits per heavy atom. The third-order valence-corrected chi connectivity index (χ3v) is 4.97. The minimum Gasteiger partial charge on any atom is -0.335 e. The van der Waals surface area contributed by atoms with Gasteiger partial charge in [-0.1, -0.05) is 44.2 Å². The van der Waals surface area contributed by atoms with Crippen LogP contribution in [0.1, 0.15) is 45.1 Å². The molecule has 2 amide bonds. The Bertz CT molecular complexity index is 465. The van der Waals surface area contributed by atoms with Crippen LogP contribution in [-0.2, 0) is 6.54 Å². The van der Waals surface area contributed by atoms with Gasteiger partial charge in [-0.3, -0.25) is 4.90 Å².